The zero-order valence-corrected chi connectivity index (χ0v) is 17.2. The summed E-state index contributed by atoms with van der Waals surface area (Å²) in [6.45, 7) is 4.55. The number of carbonyl (C=O) groups is 2. The number of hydrogen-bond acceptors (Lipinski definition) is 6. The van der Waals surface area contributed by atoms with Gasteiger partial charge in [0, 0.05) is 17.9 Å². The fourth-order valence-electron chi connectivity index (χ4n) is 2.47. The lowest BCUT2D eigenvalue weighted by Crippen LogP contribution is -2.18. The summed E-state index contributed by atoms with van der Waals surface area (Å²) in [5, 5.41) is 7.76. The molecule has 3 rings (SSSR count). The van der Waals surface area contributed by atoms with Crippen molar-refractivity contribution in [3.63, 3.8) is 0 Å². The van der Waals surface area contributed by atoms with Crippen molar-refractivity contribution in [1.82, 2.24) is 10.3 Å². The summed E-state index contributed by atoms with van der Waals surface area (Å²) in [5.41, 5.74) is 1.15. The van der Waals surface area contributed by atoms with Crippen LogP contribution in [-0.4, -0.2) is 23.4 Å². The van der Waals surface area contributed by atoms with Gasteiger partial charge in [0.25, 0.3) is 5.91 Å². The average Bonchev–Trinajstić information content (AvgIpc) is 3.36. The second-order valence-electron chi connectivity index (χ2n) is 6.39. The maximum absolute atomic E-state index is 12.4. The van der Waals surface area contributed by atoms with Gasteiger partial charge < -0.3 is 14.5 Å². The SMILES string of the molecule is CCCCOc1ccc(C(=O)Nc2nc(-c3ccc(CNC(C)=O)o3)cs2)cc1. The van der Waals surface area contributed by atoms with E-state index in [1.165, 1.54) is 18.3 Å². The van der Waals surface area contributed by atoms with Crippen LogP contribution in [0.15, 0.2) is 46.2 Å². The number of ether oxygens (including phenoxy) is 1. The van der Waals surface area contributed by atoms with Gasteiger partial charge in [-0.1, -0.05) is 13.3 Å². The van der Waals surface area contributed by atoms with Gasteiger partial charge in [0.2, 0.25) is 5.91 Å². The summed E-state index contributed by atoms with van der Waals surface area (Å²) in [5.74, 6) is 1.60. The highest BCUT2D eigenvalue weighted by atomic mass is 32.1. The molecule has 1 aromatic carbocycles. The number of unbranched alkanes of at least 4 members (excludes halogenated alkanes) is 1. The maximum atomic E-state index is 12.4. The highest BCUT2D eigenvalue weighted by Crippen LogP contribution is 2.27. The highest BCUT2D eigenvalue weighted by molar-refractivity contribution is 7.14. The Balaban J connectivity index is 1.58. The van der Waals surface area contributed by atoms with Gasteiger partial charge >= 0.3 is 0 Å². The average molecular weight is 413 g/mol. The second kappa shape index (κ2) is 9.88. The lowest BCUT2D eigenvalue weighted by molar-refractivity contribution is -0.119. The van der Waals surface area contributed by atoms with Crippen LogP contribution in [0.3, 0.4) is 0 Å². The van der Waals surface area contributed by atoms with Crippen LogP contribution in [0.5, 0.6) is 5.75 Å². The van der Waals surface area contributed by atoms with Crippen LogP contribution in [0, 0.1) is 0 Å². The fraction of sp³-hybridized carbons (Fsp3) is 0.286. The van der Waals surface area contributed by atoms with E-state index in [1.807, 2.05) is 0 Å². The zero-order valence-electron chi connectivity index (χ0n) is 16.4. The Bertz CT molecular complexity index is 962. The van der Waals surface area contributed by atoms with Gasteiger partial charge in [-0.25, -0.2) is 4.98 Å². The lowest BCUT2D eigenvalue weighted by Gasteiger charge is -2.06. The molecule has 0 saturated heterocycles. The largest absolute Gasteiger partial charge is 0.494 e. The van der Waals surface area contributed by atoms with Gasteiger partial charge in [-0.05, 0) is 42.8 Å². The first-order chi connectivity index (χ1) is 14.0. The summed E-state index contributed by atoms with van der Waals surface area (Å²) >= 11 is 1.31. The molecule has 0 aliphatic carbocycles. The Morgan fingerprint density at radius 1 is 1.17 bits per heavy atom. The van der Waals surface area contributed by atoms with E-state index in [1.54, 1.807) is 41.8 Å². The molecule has 0 fully saturated rings. The third-order valence-electron chi connectivity index (χ3n) is 4.03. The molecular weight excluding hydrogens is 390 g/mol. The van der Waals surface area contributed by atoms with Crippen LogP contribution in [0.2, 0.25) is 0 Å². The fourth-order valence-corrected chi connectivity index (χ4v) is 3.17. The van der Waals surface area contributed by atoms with E-state index in [2.05, 4.69) is 22.5 Å². The van der Waals surface area contributed by atoms with Gasteiger partial charge in [0.05, 0.1) is 13.2 Å². The molecule has 0 unspecified atom stereocenters. The van der Waals surface area contributed by atoms with Crippen LogP contribution in [0.4, 0.5) is 5.13 Å². The van der Waals surface area contributed by atoms with E-state index < -0.39 is 0 Å². The van der Waals surface area contributed by atoms with Crippen LogP contribution in [0.1, 0.15) is 42.8 Å². The van der Waals surface area contributed by atoms with Gasteiger partial charge in [0.1, 0.15) is 17.2 Å². The number of rotatable bonds is 9. The molecule has 7 nitrogen and oxygen atoms in total. The van der Waals surface area contributed by atoms with Gasteiger partial charge in [-0.2, -0.15) is 0 Å². The minimum atomic E-state index is -0.239. The number of benzene rings is 1. The minimum absolute atomic E-state index is 0.123. The second-order valence-corrected chi connectivity index (χ2v) is 7.25. The van der Waals surface area contributed by atoms with E-state index in [0.717, 1.165) is 18.6 Å². The molecule has 2 heterocycles. The molecule has 0 aliphatic heterocycles. The summed E-state index contributed by atoms with van der Waals surface area (Å²) in [7, 11) is 0. The van der Waals surface area contributed by atoms with Gasteiger partial charge in [-0.3, -0.25) is 14.9 Å². The number of amides is 2. The van der Waals surface area contributed by atoms with E-state index in [-0.39, 0.29) is 11.8 Å². The quantitative estimate of drug-likeness (QED) is 0.505. The molecule has 3 aromatic rings. The molecule has 0 spiro atoms. The number of aromatic nitrogens is 1. The van der Waals surface area contributed by atoms with Crippen LogP contribution in [-0.2, 0) is 11.3 Å². The molecule has 2 aromatic heterocycles. The van der Waals surface area contributed by atoms with Crippen LogP contribution >= 0.6 is 11.3 Å². The molecule has 0 aliphatic rings. The number of furan rings is 1. The summed E-state index contributed by atoms with van der Waals surface area (Å²) in [6, 6.07) is 10.6. The first-order valence-corrected chi connectivity index (χ1v) is 10.3. The Morgan fingerprint density at radius 2 is 1.97 bits per heavy atom. The molecule has 2 amide bonds. The van der Waals surface area contributed by atoms with Crippen molar-refractivity contribution in [2.45, 2.75) is 33.2 Å². The van der Waals surface area contributed by atoms with E-state index in [4.69, 9.17) is 9.15 Å². The maximum Gasteiger partial charge on any atom is 0.257 e. The molecule has 0 bridgehead atoms. The minimum Gasteiger partial charge on any atom is -0.494 e. The normalized spacial score (nSPS) is 10.6. The first-order valence-electron chi connectivity index (χ1n) is 9.38. The van der Waals surface area contributed by atoms with Crippen LogP contribution in [0.25, 0.3) is 11.5 Å². The number of carbonyl (C=O) groups excluding carboxylic acids is 2. The summed E-state index contributed by atoms with van der Waals surface area (Å²) in [6.07, 6.45) is 2.07. The molecule has 0 atom stereocenters. The molecule has 2 N–H and O–H groups in total. The third kappa shape index (κ3) is 5.92. The molecule has 152 valence electrons. The van der Waals surface area contributed by atoms with Crippen molar-refractivity contribution in [3.8, 4) is 17.2 Å². The van der Waals surface area contributed by atoms with Crippen molar-refractivity contribution in [1.29, 1.82) is 0 Å². The summed E-state index contributed by atoms with van der Waals surface area (Å²) < 4.78 is 11.3. The Kier molecular flexibility index (Phi) is 7.02. The first kappa shape index (κ1) is 20.6. The number of anilines is 1. The number of thiazole rings is 1. The molecule has 29 heavy (non-hydrogen) atoms. The number of nitrogens with one attached hydrogen (secondary N) is 2. The van der Waals surface area contributed by atoms with Crippen molar-refractivity contribution < 1.29 is 18.7 Å². The third-order valence-corrected chi connectivity index (χ3v) is 4.79. The molecular formula is C21H23N3O4S. The topological polar surface area (TPSA) is 93.5 Å². The van der Waals surface area contributed by atoms with E-state index in [9.17, 15) is 9.59 Å². The Morgan fingerprint density at radius 3 is 2.69 bits per heavy atom. The van der Waals surface area contributed by atoms with E-state index in [0.29, 0.717) is 41.1 Å². The number of hydrogen-bond donors (Lipinski definition) is 2. The molecule has 8 heteroatoms. The number of nitrogens with zero attached hydrogens (tertiary/aromatic N) is 1. The zero-order chi connectivity index (χ0) is 20.6. The van der Waals surface area contributed by atoms with Crippen molar-refractivity contribution >= 4 is 28.3 Å². The Labute approximate surface area is 173 Å². The predicted molar refractivity (Wildman–Crippen MR) is 112 cm³/mol. The monoisotopic (exact) mass is 413 g/mol. The standard InChI is InChI=1S/C21H23N3O4S/c1-3-4-11-27-16-7-5-15(6-8-16)20(26)24-21-23-18(13-29-21)19-10-9-17(28-19)12-22-14(2)25/h5-10,13H,3-4,11-12H2,1-2H3,(H,22,25)(H,23,24,26). The van der Waals surface area contributed by atoms with Crippen molar-refractivity contribution in [3.05, 3.63) is 53.1 Å². The van der Waals surface area contributed by atoms with Crippen molar-refractivity contribution in [2.24, 2.45) is 0 Å². The molecule has 0 radical (unpaired) electrons. The van der Waals surface area contributed by atoms with Gasteiger partial charge in [-0.15, -0.1) is 11.3 Å². The van der Waals surface area contributed by atoms with Crippen molar-refractivity contribution in [2.75, 3.05) is 11.9 Å². The smallest absolute Gasteiger partial charge is 0.257 e. The lowest BCUT2D eigenvalue weighted by atomic mass is 10.2. The summed E-state index contributed by atoms with van der Waals surface area (Å²) in [4.78, 5) is 27.8. The van der Waals surface area contributed by atoms with Crippen LogP contribution < -0.4 is 15.4 Å². The van der Waals surface area contributed by atoms with E-state index >= 15 is 0 Å². The predicted octanol–water partition coefficient (Wildman–Crippen LogP) is 4.47. The molecule has 0 saturated carbocycles. The Hall–Kier alpha value is -3.13. The highest BCUT2D eigenvalue weighted by Gasteiger charge is 2.13. The van der Waals surface area contributed by atoms with Gasteiger partial charge in [0.15, 0.2) is 10.9 Å².